The highest BCUT2D eigenvalue weighted by molar-refractivity contribution is 5.86. The molecule has 0 amide bonds. The first-order valence-electron chi connectivity index (χ1n) is 6.68. The molecule has 18 heavy (non-hydrogen) atoms. The van der Waals surface area contributed by atoms with Gasteiger partial charge in [0.05, 0.1) is 6.61 Å². The lowest BCUT2D eigenvalue weighted by atomic mass is 9.85. The number of carbonyl (C=O) groups excluding carboxylic acids is 1. The van der Waals surface area contributed by atoms with Crippen LogP contribution < -0.4 is 0 Å². The molecule has 1 unspecified atom stereocenters. The number of esters is 1. The van der Waals surface area contributed by atoms with Crippen molar-refractivity contribution in [3.8, 4) is 0 Å². The Morgan fingerprint density at radius 1 is 1.28 bits per heavy atom. The van der Waals surface area contributed by atoms with Crippen molar-refractivity contribution in [1.29, 1.82) is 0 Å². The molecule has 1 spiro atoms. The normalized spacial score (nSPS) is 28.3. The van der Waals surface area contributed by atoms with E-state index in [1.807, 2.05) is 37.3 Å². The molecule has 0 N–H and O–H groups in total. The van der Waals surface area contributed by atoms with Crippen LogP contribution in [0.2, 0.25) is 0 Å². The van der Waals surface area contributed by atoms with E-state index in [2.05, 4.69) is 0 Å². The third-order valence-corrected chi connectivity index (χ3v) is 4.10. The first kappa shape index (κ1) is 11.7. The summed E-state index contributed by atoms with van der Waals surface area (Å²) in [6.45, 7) is 2.23. The molecular formula is C15H18O3. The van der Waals surface area contributed by atoms with Crippen LogP contribution in [-0.2, 0) is 19.9 Å². The smallest absolute Gasteiger partial charge is 0.346 e. The standard InChI is InChI=1S/C15H18O3/c1-2-17-13(16)15(12-8-4-3-5-9-12)14(18-15)10-6-7-11-14/h3-5,8-9H,2,6-7,10-11H2,1H3. The summed E-state index contributed by atoms with van der Waals surface area (Å²) in [5, 5.41) is 0. The van der Waals surface area contributed by atoms with Gasteiger partial charge in [0.1, 0.15) is 5.60 Å². The van der Waals surface area contributed by atoms with Crippen molar-refractivity contribution in [1.82, 2.24) is 0 Å². The van der Waals surface area contributed by atoms with Crippen LogP contribution in [0.1, 0.15) is 38.2 Å². The zero-order valence-electron chi connectivity index (χ0n) is 10.6. The number of hydrogen-bond donors (Lipinski definition) is 0. The van der Waals surface area contributed by atoms with Gasteiger partial charge in [-0.1, -0.05) is 43.2 Å². The molecule has 2 aliphatic rings. The third kappa shape index (κ3) is 1.43. The van der Waals surface area contributed by atoms with Gasteiger partial charge in [-0.15, -0.1) is 0 Å². The zero-order valence-corrected chi connectivity index (χ0v) is 10.6. The molecule has 1 heterocycles. The van der Waals surface area contributed by atoms with Crippen molar-refractivity contribution in [2.24, 2.45) is 0 Å². The Bertz CT molecular complexity index is 448. The molecule has 1 aliphatic heterocycles. The lowest BCUT2D eigenvalue weighted by Gasteiger charge is -2.15. The average molecular weight is 246 g/mol. The van der Waals surface area contributed by atoms with Crippen LogP contribution in [0.4, 0.5) is 0 Å². The summed E-state index contributed by atoms with van der Waals surface area (Å²) >= 11 is 0. The summed E-state index contributed by atoms with van der Waals surface area (Å²) in [5.74, 6) is -0.224. The van der Waals surface area contributed by atoms with E-state index in [1.54, 1.807) is 0 Å². The van der Waals surface area contributed by atoms with Crippen molar-refractivity contribution in [2.75, 3.05) is 6.61 Å². The minimum atomic E-state index is -0.833. The molecule has 2 fully saturated rings. The Morgan fingerprint density at radius 3 is 2.56 bits per heavy atom. The molecule has 0 radical (unpaired) electrons. The Morgan fingerprint density at radius 2 is 1.94 bits per heavy atom. The highest BCUT2D eigenvalue weighted by Gasteiger charge is 2.76. The monoisotopic (exact) mass is 246 g/mol. The Kier molecular flexibility index (Phi) is 2.67. The van der Waals surface area contributed by atoms with E-state index in [1.165, 1.54) is 0 Å². The molecule has 0 aromatic heterocycles. The molecular weight excluding hydrogens is 228 g/mol. The van der Waals surface area contributed by atoms with Gasteiger partial charge in [-0.05, 0) is 25.3 Å². The molecule has 1 saturated carbocycles. The maximum absolute atomic E-state index is 12.3. The second-order valence-corrected chi connectivity index (χ2v) is 5.07. The molecule has 1 aromatic carbocycles. The van der Waals surface area contributed by atoms with Gasteiger partial charge in [0, 0.05) is 0 Å². The highest BCUT2D eigenvalue weighted by Crippen LogP contribution is 2.64. The molecule has 1 aliphatic carbocycles. The molecule has 3 rings (SSSR count). The van der Waals surface area contributed by atoms with E-state index in [-0.39, 0.29) is 11.6 Å². The Hall–Kier alpha value is -1.35. The number of epoxide rings is 1. The number of benzene rings is 1. The summed E-state index contributed by atoms with van der Waals surface area (Å²) in [6, 6.07) is 9.77. The van der Waals surface area contributed by atoms with Crippen LogP contribution >= 0.6 is 0 Å². The number of ether oxygens (including phenoxy) is 2. The Labute approximate surface area is 107 Å². The molecule has 1 saturated heterocycles. The summed E-state index contributed by atoms with van der Waals surface area (Å²) in [6.07, 6.45) is 4.18. The molecule has 3 nitrogen and oxygen atoms in total. The first-order valence-corrected chi connectivity index (χ1v) is 6.68. The summed E-state index contributed by atoms with van der Waals surface area (Å²) in [5.41, 5.74) is -0.188. The SMILES string of the molecule is CCOC(=O)C1(c2ccccc2)OC12CCCC2. The predicted molar refractivity (Wildman–Crippen MR) is 67.0 cm³/mol. The van der Waals surface area contributed by atoms with E-state index in [0.717, 1.165) is 31.2 Å². The fourth-order valence-corrected chi connectivity index (χ4v) is 3.24. The van der Waals surface area contributed by atoms with Gasteiger partial charge in [0.15, 0.2) is 0 Å². The first-order chi connectivity index (χ1) is 8.75. The summed E-state index contributed by atoms with van der Waals surface area (Å²) < 4.78 is 11.2. The fourth-order valence-electron chi connectivity index (χ4n) is 3.24. The second kappa shape index (κ2) is 4.09. The maximum Gasteiger partial charge on any atom is 0.346 e. The molecule has 0 bridgehead atoms. The van der Waals surface area contributed by atoms with E-state index in [9.17, 15) is 4.79 Å². The lowest BCUT2D eigenvalue weighted by molar-refractivity contribution is -0.150. The van der Waals surface area contributed by atoms with Crippen molar-refractivity contribution in [3.63, 3.8) is 0 Å². The highest BCUT2D eigenvalue weighted by atomic mass is 16.7. The molecule has 1 atom stereocenters. The predicted octanol–water partition coefficient (Wildman–Crippen LogP) is 2.79. The zero-order chi connectivity index (χ0) is 12.6. The quantitative estimate of drug-likeness (QED) is 0.608. The average Bonchev–Trinajstić information content (AvgIpc) is 2.80. The number of hydrogen-bond acceptors (Lipinski definition) is 3. The summed E-state index contributed by atoms with van der Waals surface area (Å²) in [7, 11) is 0. The number of carbonyl (C=O) groups is 1. The van der Waals surface area contributed by atoms with Crippen LogP contribution in [0.25, 0.3) is 0 Å². The van der Waals surface area contributed by atoms with Crippen molar-refractivity contribution in [2.45, 2.75) is 43.8 Å². The van der Waals surface area contributed by atoms with Crippen LogP contribution in [-0.4, -0.2) is 18.2 Å². The van der Waals surface area contributed by atoms with Crippen molar-refractivity contribution >= 4 is 5.97 Å². The topological polar surface area (TPSA) is 38.8 Å². The third-order valence-electron chi connectivity index (χ3n) is 4.10. The van der Waals surface area contributed by atoms with E-state index in [4.69, 9.17) is 9.47 Å². The van der Waals surface area contributed by atoms with Crippen LogP contribution in [0.3, 0.4) is 0 Å². The maximum atomic E-state index is 12.3. The Balaban J connectivity index is 1.99. The number of rotatable bonds is 3. The van der Waals surface area contributed by atoms with E-state index < -0.39 is 5.60 Å². The van der Waals surface area contributed by atoms with E-state index in [0.29, 0.717) is 6.61 Å². The molecule has 3 heteroatoms. The molecule has 96 valence electrons. The second-order valence-electron chi connectivity index (χ2n) is 5.07. The van der Waals surface area contributed by atoms with Gasteiger partial charge in [0.2, 0.25) is 5.60 Å². The minimum absolute atomic E-state index is 0.224. The van der Waals surface area contributed by atoms with Crippen LogP contribution in [0.5, 0.6) is 0 Å². The lowest BCUT2D eigenvalue weighted by Crippen LogP contribution is -2.32. The minimum Gasteiger partial charge on any atom is -0.464 e. The fraction of sp³-hybridized carbons (Fsp3) is 0.533. The van der Waals surface area contributed by atoms with Gasteiger partial charge >= 0.3 is 5.97 Å². The van der Waals surface area contributed by atoms with Crippen molar-refractivity contribution in [3.05, 3.63) is 35.9 Å². The van der Waals surface area contributed by atoms with Gasteiger partial charge < -0.3 is 9.47 Å². The largest absolute Gasteiger partial charge is 0.464 e. The molecule has 1 aromatic rings. The van der Waals surface area contributed by atoms with Gasteiger partial charge in [-0.25, -0.2) is 4.79 Å². The van der Waals surface area contributed by atoms with Crippen molar-refractivity contribution < 1.29 is 14.3 Å². The van der Waals surface area contributed by atoms with Crippen LogP contribution in [0.15, 0.2) is 30.3 Å². The van der Waals surface area contributed by atoms with Gasteiger partial charge in [-0.3, -0.25) is 0 Å². The van der Waals surface area contributed by atoms with Crippen LogP contribution in [0, 0.1) is 0 Å². The van der Waals surface area contributed by atoms with Gasteiger partial charge in [-0.2, -0.15) is 0 Å². The van der Waals surface area contributed by atoms with E-state index >= 15 is 0 Å². The summed E-state index contributed by atoms with van der Waals surface area (Å²) in [4.78, 5) is 12.3. The van der Waals surface area contributed by atoms with Gasteiger partial charge in [0.25, 0.3) is 0 Å².